The zero-order valence-electron chi connectivity index (χ0n) is 21.0. The average Bonchev–Trinajstić information content (AvgIpc) is 3.10. The third-order valence-electron chi connectivity index (χ3n) is 4.80. The lowest BCUT2D eigenvalue weighted by Crippen LogP contribution is -2.44. The standard InChI is InChI=1S/C24H29NO10S/c1-13(26)34-19-10-16-9-18(22(30)32-12-33-23(31)24(4,5)6)25(21(29)7-8-36-15(3)28)17(16)11-20(19)35-14(2)27/h10-11,18H,7-9,12H2,1-6H3. The van der Waals surface area contributed by atoms with Crippen LogP contribution >= 0.6 is 11.8 Å². The van der Waals surface area contributed by atoms with Crippen LogP contribution in [0.3, 0.4) is 0 Å². The first-order valence-electron chi connectivity index (χ1n) is 11.0. The van der Waals surface area contributed by atoms with Gasteiger partial charge in [-0.1, -0.05) is 11.8 Å². The molecule has 12 heteroatoms. The number of fused-ring (bicyclic) bond motifs is 1. The summed E-state index contributed by atoms with van der Waals surface area (Å²) in [4.78, 5) is 73.6. The summed E-state index contributed by atoms with van der Waals surface area (Å²) in [5.74, 6) is -3.21. The van der Waals surface area contributed by atoms with Crippen LogP contribution in [0.4, 0.5) is 5.69 Å². The molecule has 2 rings (SSSR count). The monoisotopic (exact) mass is 523 g/mol. The molecule has 0 fully saturated rings. The van der Waals surface area contributed by atoms with Crippen molar-refractivity contribution < 1.29 is 47.7 Å². The lowest BCUT2D eigenvalue weighted by Gasteiger charge is -2.25. The van der Waals surface area contributed by atoms with E-state index in [-0.39, 0.29) is 40.9 Å². The van der Waals surface area contributed by atoms with Gasteiger partial charge < -0.3 is 18.9 Å². The number of ether oxygens (including phenoxy) is 4. The molecule has 0 radical (unpaired) electrons. The Morgan fingerprint density at radius 1 is 0.944 bits per heavy atom. The van der Waals surface area contributed by atoms with E-state index in [9.17, 15) is 28.8 Å². The Morgan fingerprint density at radius 3 is 2.06 bits per heavy atom. The quantitative estimate of drug-likeness (QED) is 0.282. The van der Waals surface area contributed by atoms with E-state index in [0.29, 0.717) is 5.56 Å². The maximum absolute atomic E-state index is 13.1. The topological polar surface area (TPSA) is 143 Å². The number of esters is 4. The molecular formula is C24H29NO10S. The molecule has 1 aromatic rings. The molecule has 0 bridgehead atoms. The van der Waals surface area contributed by atoms with Crippen LogP contribution in [0, 0.1) is 5.41 Å². The first kappa shape index (κ1) is 28.8. The third-order valence-corrected chi connectivity index (χ3v) is 5.62. The predicted octanol–water partition coefficient (Wildman–Crippen LogP) is 2.55. The van der Waals surface area contributed by atoms with Crippen LogP contribution in [0.15, 0.2) is 12.1 Å². The van der Waals surface area contributed by atoms with Gasteiger partial charge in [-0.15, -0.1) is 0 Å². The first-order valence-corrected chi connectivity index (χ1v) is 12.0. The number of anilines is 1. The van der Waals surface area contributed by atoms with Crippen LogP contribution in [0.2, 0.25) is 0 Å². The maximum Gasteiger partial charge on any atom is 0.332 e. The molecule has 0 aromatic heterocycles. The van der Waals surface area contributed by atoms with Gasteiger partial charge in [0.05, 0.1) is 11.1 Å². The fourth-order valence-electron chi connectivity index (χ4n) is 3.27. The van der Waals surface area contributed by atoms with Crippen molar-refractivity contribution in [3.8, 4) is 11.5 Å². The number of hydrogen-bond donors (Lipinski definition) is 0. The van der Waals surface area contributed by atoms with E-state index in [4.69, 9.17) is 18.9 Å². The molecule has 1 aromatic carbocycles. The fourth-order valence-corrected chi connectivity index (χ4v) is 3.83. The summed E-state index contributed by atoms with van der Waals surface area (Å²) in [5, 5.41) is -0.163. The van der Waals surface area contributed by atoms with Gasteiger partial charge >= 0.3 is 23.9 Å². The number of benzene rings is 1. The lowest BCUT2D eigenvalue weighted by atomic mass is 9.98. The van der Waals surface area contributed by atoms with Crippen molar-refractivity contribution >= 4 is 52.3 Å². The van der Waals surface area contributed by atoms with Crippen LogP contribution in [-0.2, 0) is 44.7 Å². The summed E-state index contributed by atoms with van der Waals surface area (Å²) in [7, 11) is 0. The third kappa shape index (κ3) is 7.80. The molecule has 0 spiro atoms. The van der Waals surface area contributed by atoms with Crippen LogP contribution in [0.25, 0.3) is 0 Å². The molecule has 1 aliphatic heterocycles. The van der Waals surface area contributed by atoms with Crippen molar-refractivity contribution in [2.24, 2.45) is 5.41 Å². The van der Waals surface area contributed by atoms with Gasteiger partial charge in [-0.3, -0.25) is 28.9 Å². The molecule has 1 unspecified atom stereocenters. The van der Waals surface area contributed by atoms with E-state index in [2.05, 4.69) is 0 Å². The number of nitrogens with zero attached hydrogens (tertiary/aromatic N) is 1. The van der Waals surface area contributed by atoms with Crippen molar-refractivity contribution in [3.05, 3.63) is 17.7 Å². The predicted molar refractivity (Wildman–Crippen MR) is 128 cm³/mol. The normalized spacial score (nSPS) is 14.5. The highest BCUT2D eigenvalue weighted by Crippen LogP contribution is 2.42. The SMILES string of the molecule is CC(=O)Oc1cc2c(cc1OC(C)=O)N(C(=O)CCSC(C)=O)C(C(=O)OCOC(=O)C(C)(C)C)C2. The Hall–Kier alpha value is -3.41. The Morgan fingerprint density at radius 2 is 1.53 bits per heavy atom. The van der Waals surface area contributed by atoms with Gasteiger partial charge in [0.25, 0.3) is 0 Å². The Kier molecular flexibility index (Phi) is 9.62. The van der Waals surface area contributed by atoms with E-state index >= 15 is 0 Å². The van der Waals surface area contributed by atoms with Crippen molar-refractivity contribution in [2.45, 2.75) is 60.4 Å². The highest BCUT2D eigenvalue weighted by molar-refractivity contribution is 8.13. The summed E-state index contributed by atoms with van der Waals surface area (Å²) in [6, 6.07) is 1.62. The summed E-state index contributed by atoms with van der Waals surface area (Å²) < 4.78 is 20.4. The molecule has 36 heavy (non-hydrogen) atoms. The highest BCUT2D eigenvalue weighted by atomic mass is 32.2. The molecule has 0 aliphatic carbocycles. The number of carbonyl (C=O) groups excluding carboxylic acids is 6. The Bertz CT molecular complexity index is 1080. The second-order valence-corrected chi connectivity index (χ2v) is 10.2. The molecule has 1 amide bonds. The zero-order chi connectivity index (χ0) is 27.2. The molecule has 0 N–H and O–H groups in total. The smallest absolute Gasteiger partial charge is 0.332 e. The van der Waals surface area contributed by atoms with Gasteiger partial charge in [-0.2, -0.15) is 0 Å². The minimum atomic E-state index is -1.12. The van der Waals surface area contributed by atoms with Crippen molar-refractivity contribution in [1.29, 1.82) is 0 Å². The molecule has 0 saturated heterocycles. The van der Waals surface area contributed by atoms with Crippen LogP contribution in [0.1, 0.15) is 53.5 Å². The van der Waals surface area contributed by atoms with Gasteiger partial charge in [0, 0.05) is 45.4 Å². The van der Waals surface area contributed by atoms with E-state index < -0.39 is 48.0 Å². The number of carbonyl (C=O) groups is 6. The van der Waals surface area contributed by atoms with Gasteiger partial charge in [0.1, 0.15) is 6.04 Å². The second-order valence-electron chi connectivity index (χ2n) is 8.95. The molecule has 0 saturated carbocycles. The number of amides is 1. The molecule has 11 nitrogen and oxygen atoms in total. The number of hydrogen-bond acceptors (Lipinski definition) is 11. The summed E-state index contributed by atoms with van der Waals surface area (Å²) >= 11 is 0.963. The van der Waals surface area contributed by atoms with E-state index in [1.165, 1.54) is 30.9 Å². The molecule has 1 heterocycles. The zero-order valence-corrected chi connectivity index (χ0v) is 21.8. The molecule has 1 aliphatic rings. The average molecular weight is 524 g/mol. The number of rotatable bonds is 8. The maximum atomic E-state index is 13.1. The van der Waals surface area contributed by atoms with E-state index in [0.717, 1.165) is 18.7 Å². The summed E-state index contributed by atoms with van der Waals surface area (Å²) in [5.41, 5.74) is -0.0796. The Balaban J connectivity index is 2.36. The lowest BCUT2D eigenvalue weighted by molar-refractivity contribution is -0.174. The van der Waals surface area contributed by atoms with Crippen molar-refractivity contribution in [3.63, 3.8) is 0 Å². The summed E-state index contributed by atoms with van der Waals surface area (Å²) in [6.45, 7) is 8.00. The Labute approximate surface area is 212 Å². The van der Waals surface area contributed by atoms with E-state index in [1.54, 1.807) is 20.8 Å². The van der Waals surface area contributed by atoms with Crippen LogP contribution < -0.4 is 14.4 Å². The van der Waals surface area contributed by atoms with Gasteiger partial charge in [0.2, 0.25) is 12.7 Å². The van der Waals surface area contributed by atoms with Crippen molar-refractivity contribution in [2.75, 3.05) is 17.4 Å². The minimum absolute atomic E-state index is 0.00158. The highest BCUT2D eigenvalue weighted by Gasteiger charge is 2.40. The number of thioether (sulfide) groups is 1. The van der Waals surface area contributed by atoms with Crippen molar-refractivity contribution in [1.82, 2.24) is 0 Å². The largest absolute Gasteiger partial charge is 0.427 e. The molecular weight excluding hydrogens is 494 g/mol. The van der Waals surface area contributed by atoms with E-state index in [1.807, 2.05) is 0 Å². The summed E-state index contributed by atoms with van der Waals surface area (Å²) in [6.07, 6.45) is -0.0668. The minimum Gasteiger partial charge on any atom is -0.427 e. The van der Waals surface area contributed by atoms with Gasteiger partial charge in [-0.05, 0) is 32.4 Å². The molecule has 1 atom stereocenters. The first-order chi connectivity index (χ1) is 16.7. The van der Waals surface area contributed by atoms with Crippen LogP contribution in [0.5, 0.6) is 11.5 Å². The fraction of sp³-hybridized carbons (Fsp3) is 0.500. The molecule has 196 valence electrons. The van der Waals surface area contributed by atoms with Crippen LogP contribution in [-0.4, -0.2) is 53.5 Å². The second kappa shape index (κ2) is 12.0. The van der Waals surface area contributed by atoms with Gasteiger partial charge in [0.15, 0.2) is 16.6 Å². The van der Waals surface area contributed by atoms with Gasteiger partial charge in [-0.25, -0.2) is 4.79 Å².